The van der Waals surface area contributed by atoms with E-state index in [0.29, 0.717) is 12.1 Å². The summed E-state index contributed by atoms with van der Waals surface area (Å²) >= 11 is 6.15. The molecule has 1 aromatic rings. The van der Waals surface area contributed by atoms with E-state index in [4.69, 9.17) is 16.6 Å². The fraction of sp³-hybridized carbons (Fsp3) is 0.571. The molecule has 2 aliphatic rings. The minimum atomic E-state index is -1.06. The number of aromatic carboxylic acids is 1. The molecule has 0 radical (unpaired) electrons. The Kier molecular flexibility index (Phi) is 5.52. The Morgan fingerprint density at radius 1 is 1.19 bits per heavy atom. The average molecular weight is 376 g/mol. The van der Waals surface area contributed by atoms with Crippen molar-refractivity contribution in [3.63, 3.8) is 0 Å². The molecule has 1 fully saturated rings. The molecule has 1 saturated carbocycles. The van der Waals surface area contributed by atoms with Gasteiger partial charge in [0.2, 0.25) is 0 Å². The summed E-state index contributed by atoms with van der Waals surface area (Å²) in [5.74, 6) is -0.710. The van der Waals surface area contributed by atoms with E-state index in [0.717, 1.165) is 36.8 Å². The van der Waals surface area contributed by atoms with Gasteiger partial charge in [-0.25, -0.2) is 4.79 Å². The predicted octanol–water partition coefficient (Wildman–Crippen LogP) is 5.09. The maximum atomic E-state index is 12.9. The molecule has 0 spiro atoms. The van der Waals surface area contributed by atoms with Crippen molar-refractivity contribution in [3.8, 4) is 0 Å². The van der Waals surface area contributed by atoms with Gasteiger partial charge in [0.15, 0.2) is 0 Å². The summed E-state index contributed by atoms with van der Waals surface area (Å²) in [5, 5.41) is 9.62. The van der Waals surface area contributed by atoms with Crippen molar-refractivity contribution in [2.24, 2.45) is 10.9 Å². The van der Waals surface area contributed by atoms with Crippen molar-refractivity contribution in [2.75, 3.05) is 0 Å². The van der Waals surface area contributed by atoms with Crippen LogP contribution in [0.15, 0.2) is 17.1 Å². The van der Waals surface area contributed by atoms with Crippen molar-refractivity contribution in [3.05, 3.63) is 33.8 Å². The van der Waals surface area contributed by atoms with Gasteiger partial charge in [-0.15, -0.1) is 0 Å². The van der Waals surface area contributed by atoms with Crippen LogP contribution < -0.4 is 0 Å². The number of nitrogens with zero attached hydrogens (tertiary/aromatic N) is 1. The number of aliphatic imine (C=N–C) groups is 1. The molecular formula is C21H26ClNO3. The molecule has 1 aliphatic carbocycles. The fourth-order valence-corrected chi connectivity index (χ4v) is 4.44. The summed E-state index contributed by atoms with van der Waals surface area (Å²) < 4.78 is 0. The summed E-state index contributed by atoms with van der Waals surface area (Å²) in [7, 11) is 0. The molecule has 1 aromatic carbocycles. The van der Waals surface area contributed by atoms with Gasteiger partial charge in [0.05, 0.1) is 21.8 Å². The molecule has 0 bridgehead atoms. The van der Waals surface area contributed by atoms with Crippen molar-refractivity contribution >= 4 is 29.1 Å². The summed E-state index contributed by atoms with van der Waals surface area (Å²) in [4.78, 5) is 29.2. The number of benzene rings is 1. The maximum absolute atomic E-state index is 12.9. The van der Waals surface area contributed by atoms with Gasteiger partial charge >= 0.3 is 5.97 Å². The number of carbonyl (C=O) groups is 2. The molecular weight excluding hydrogens is 350 g/mol. The first-order valence-electron chi connectivity index (χ1n) is 9.44. The normalized spacial score (nSPS) is 20.0. The van der Waals surface area contributed by atoms with Crippen molar-refractivity contribution in [2.45, 2.75) is 70.8 Å². The van der Waals surface area contributed by atoms with Gasteiger partial charge in [0.25, 0.3) is 0 Å². The number of halogens is 1. The first kappa shape index (κ1) is 19.1. The van der Waals surface area contributed by atoms with E-state index in [-0.39, 0.29) is 34.2 Å². The number of rotatable bonds is 4. The zero-order valence-electron chi connectivity index (χ0n) is 15.5. The van der Waals surface area contributed by atoms with Crippen LogP contribution in [0.2, 0.25) is 5.02 Å². The zero-order chi connectivity index (χ0) is 18.9. The smallest absolute Gasteiger partial charge is 0.337 e. The minimum Gasteiger partial charge on any atom is -0.478 e. The molecule has 3 rings (SSSR count). The third-order valence-corrected chi connectivity index (χ3v) is 5.76. The van der Waals surface area contributed by atoms with Crippen molar-refractivity contribution in [1.29, 1.82) is 0 Å². The molecule has 0 saturated heterocycles. The van der Waals surface area contributed by atoms with E-state index < -0.39 is 5.97 Å². The third kappa shape index (κ3) is 4.17. The van der Waals surface area contributed by atoms with Gasteiger partial charge < -0.3 is 5.11 Å². The molecule has 140 valence electrons. The fourth-order valence-electron chi connectivity index (χ4n) is 4.17. The topological polar surface area (TPSA) is 66.7 Å². The lowest BCUT2D eigenvalue weighted by molar-refractivity contribution is -0.122. The zero-order valence-corrected chi connectivity index (χ0v) is 16.2. The quantitative estimate of drug-likeness (QED) is 0.745. The Morgan fingerprint density at radius 3 is 2.46 bits per heavy atom. The number of fused-ring (bicyclic) bond motifs is 1. The Hall–Kier alpha value is -1.68. The molecule has 0 atom stereocenters. The highest BCUT2D eigenvalue weighted by Gasteiger charge is 2.31. The number of Topliss-reactive ketones (excluding diaryl/α,β-unsaturated/α-hetero) is 1. The van der Waals surface area contributed by atoms with Crippen LogP contribution in [0.5, 0.6) is 0 Å². The first-order valence-corrected chi connectivity index (χ1v) is 9.82. The molecule has 1 aliphatic heterocycles. The monoisotopic (exact) mass is 375 g/mol. The Morgan fingerprint density at radius 2 is 1.85 bits per heavy atom. The Bertz CT molecular complexity index is 759. The van der Waals surface area contributed by atoms with Crippen LogP contribution in [0.1, 0.15) is 80.3 Å². The second-order valence-corrected chi connectivity index (χ2v) is 8.58. The van der Waals surface area contributed by atoms with Gasteiger partial charge in [0.1, 0.15) is 5.78 Å². The highest BCUT2D eigenvalue weighted by Crippen LogP contribution is 2.33. The highest BCUT2D eigenvalue weighted by atomic mass is 35.5. The van der Waals surface area contributed by atoms with E-state index in [1.807, 2.05) is 13.8 Å². The van der Waals surface area contributed by atoms with Crippen LogP contribution in [-0.2, 0) is 11.2 Å². The molecule has 5 heteroatoms. The van der Waals surface area contributed by atoms with Crippen molar-refractivity contribution in [1.82, 2.24) is 0 Å². The van der Waals surface area contributed by atoms with Crippen LogP contribution in [0.4, 0.5) is 0 Å². The predicted molar refractivity (Wildman–Crippen MR) is 104 cm³/mol. The number of hydrogen-bond donors (Lipinski definition) is 1. The minimum absolute atomic E-state index is 0.0692. The third-order valence-electron chi connectivity index (χ3n) is 5.45. The van der Waals surface area contributed by atoms with Gasteiger partial charge in [0, 0.05) is 17.9 Å². The summed E-state index contributed by atoms with van der Waals surface area (Å²) in [5.41, 5.74) is 2.21. The van der Waals surface area contributed by atoms with Gasteiger partial charge in [-0.1, -0.05) is 37.3 Å². The summed E-state index contributed by atoms with van der Waals surface area (Å²) in [6.45, 7) is 4.07. The lowest BCUT2D eigenvalue weighted by Gasteiger charge is -2.30. The van der Waals surface area contributed by atoms with E-state index in [9.17, 15) is 14.7 Å². The molecule has 0 unspecified atom stereocenters. The standard InChI is InChI=1S/C21H26ClNO3/c1-21(2)12-14-9-17(22)16(20(25)26)10-15(14)18(23-21)11-19(24)13-7-5-3-4-6-8-13/h9-10,13H,3-8,11-12H2,1-2H3,(H,25,26). The van der Waals surface area contributed by atoms with E-state index >= 15 is 0 Å². The molecule has 1 heterocycles. The van der Waals surface area contributed by atoms with Crippen molar-refractivity contribution < 1.29 is 14.7 Å². The maximum Gasteiger partial charge on any atom is 0.337 e. The first-order chi connectivity index (χ1) is 12.3. The molecule has 1 N–H and O–H groups in total. The van der Waals surface area contributed by atoms with Crippen LogP contribution in [-0.4, -0.2) is 28.1 Å². The molecule has 0 aromatic heterocycles. The van der Waals surface area contributed by atoms with E-state index in [2.05, 4.69) is 0 Å². The number of carboxylic acid groups (broad SMARTS) is 1. The highest BCUT2D eigenvalue weighted by molar-refractivity contribution is 6.34. The average Bonchev–Trinajstić information content (AvgIpc) is 2.82. The summed E-state index contributed by atoms with van der Waals surface area (Å²) in [6, 6.07) is 3.32. The lowest BCUT2D eigenvalue weighted by Crippen LogP contribution is -2.31. The molecule has 0 amide bonds. The largest absolute Gasteiger partial charge is 0.478 e. The summed E-state index contributed by atoms with van der Waals surface area (Å²) in [6.07, 6.45) is 7.53. The lowest BCUT2D eigenvalue weighted by atomic mass is 9.83. The van der Waals surface area contributed by atoms with E-state index in [1.54, 1.807) is 12.1 Å². The van der Waals surface area contributed by atoms with Gasteiger partial charge in [-0.2, -0.15) is 0 Å². The Labute approximate surface area is 159 Å². The second-order valence-electron chi connectivity index (χ2n) is 8.17. The van der Waals surface area contributed by atoms with Gasteiger partial charge in [-0.05, 0) is 50.8 Å². The molecule has 4 nitrogen and oxygen atoms in total. The van der Waals surface area contributed by atoms with Crippen LogP contribution in [0, 0.1) is 5.92 Å². The second kappa shape index (κ2) is 7.51. The number of ketones is 1. The van der Waals surface area contributed by atoms with Crippen LogP contribution >= 0.6 is 11.6 Å². The van der Waals surface area contributed by atoms with Crippen LogP contribution in [0.3, 0.4) is 0 Å². The number of carboxylic acids is 1. The number of carbonyl (C=O) groups excluding carboxylic acids is 1. The Balaban J connectivity index is 1.93. The van der Waals surface area contributed by atoms with Crippen LogP contribution in [0.25, 0.3) is 0 Å². The van der Waals surface area contributed by atoms with Gasteiger partial charge in [-0.3, -0.25) is 9.79 Å². The van der Waals surface area contributed by atoms with E-state index in [1.165, 1.54) is 12.8 Å². The molecule has 26 heavy (non-hydrogen) atoms. The number of hydrogen-bond acceptors (Lipinski definition) is 3. The SMILES string of the molecule is CC1(C)Cc2cc(Cl)c(C(=O)O)cc2C(CC(=O)C2CCCCCC2)=N1.